The lowest BCUT2D eigenvalue weighted by Gasteiger charge is -2.39. The van der Waals surface area contributed by atoms with E-state index < -0.39 is 52.8 Å². The van der Waals surface area contributed by atoms with Crippen LogP contribution in [-0.4, -0.2) is 48.7 Å². The number of hydrogen-bond acceptors (Lipinski definition) is 5. The van der Waals surface area contributed by atoms with Gasteiger partial charge in [-0.15, -0.1) is 0 Å². The molecule has 232 valence electrons. The second-order valence-corrected chi connectivity index (χ2v) is 13.5. The maximum Gasteiger partial charge on any atom is 0.420 e. The molecule has 0 aromatic heterocycles. The summed E-state index contributed by atoms with van der Waals surface area (Å²) in [6.45, 7) is 4.38. The molecule has 4 fully saturated rings. The third kappa shape index (κ3) is 5.93. The molecule has 2 amide bonds. The van der Waals surface area contributed by atoms with Crippen LogP contribution in [0.5, 0.6) is 11.5 Å². The van der Waals surface area contributed by atoms with Gasteiger partial charge in [0.25, 0.3) is 5.91 Å². The Hall–Kier alpha value is -2.98. The topological polar surface area (TPSA) is 114 Å². The van der Waals surface area contributed by atoms with Gasteiger partial charge in [-0.05, 0) is 94.1 Å². The average Bonchev–Trinajstić information content (AvgIpc) is 3.53. The van der Waals surface area contributed by atoms with Crippen molar-refractivity contribution in [3.63, 3.8) is 0 Å². The van der Waals surface area contributed by atoms with E-state index in [1.807, 2.05) is 0 Å². The summed E-state index contributed by atoms with van der Waals surface area (Å²) >= 11 is 0. The molecular formula is C31H41F3N2O6. The molecular weight excluding hydrogens is 553 g/mol. The minimum absolute atomic E-state index is 0.0744. The van der Waals surface area contributed by atoms with Gasteiger partial charge in [0, 0.05) is 12.6 Å². The zero-order chi connectivity index (χ0) is 30.4. The molecule has 0 aliphatic heterocycles. The van der Waals surface area contributed by atoms with Crippen molar-refractivity contribution >= 4 is 17.8 Å². The minimum Gasteiger partial charge on any atom is -0.496 e. The lowest BCUT2D eigenvalue weighted by Crippen LogP contribution is -2.51. The van der Waals surface area contributed by atoms with Gasteiger partial charge in [-0.1, -0.05) is 13.3 Å². The smallest absolute Gasteiger partial charge is 0.420 e. The number of nitrogens with one attached hydrogen (secondary N) is 2. The molecule has 42 heavy (non-hydrogen) atoms. The van der Waals surface area contributed by atoms with Crippen molar-refractivity contribution in [3.8, 4) is 11.5 Å². The Kier molecular flexibility index (Phi) is 8.17. The Balaban J connectivity index is 1.35. The molecule has 4 aliphatic rings. The van der Waals surface area contributed by atoms with E-state index in [1.165, 1.54) is 7.11 Å². The van der Waals surface area contributed by atoms with Crippen molar-refractivity contribution in [1.82, 2.24) is 10.6 Å². The average molecular weight is 595 g/mol. The van der Waals surface area contributed by atoms with Crippen LogP contribution >= 0.6 is 0 Å². The van der Waals surface area contributed by atoms with E-state index in [1.54, 1.807) is 6.92 Å². The predicted octanol–water partition coefficient (Wildman–Crippen LogP) is 5.58. The number of rotatable bonds is 9. The third-order valence-electron chi connectivity index (χ3n) is 10.5. The molecule has 0 saturated heterocycles. The van der Waals surface area contributed by atoms with Crippen LogP contribution in [0, 0.1) is 28.6 Å². The summed E-state index contributed by atoms with van der Waals surface area (Å²) in [7, 11) is 1.20. The van der Waals surface area contributed by atoms with Crippen LogP contribution in [0.3, 0.4) is 0 Å². The molecule has 4 aliphatic carbocycles. The molecule has 0 unspecified atom stereocenters. The fraction of sp³-hybridized carbons (Fsp3) is 0.710. The summed E-state index contributed by atoms with van der Waals surface area (Å²) in [4.78, 5) is 38.6. The number of benzene rings is 1. The summed E-state index contributed by atoms with van der Waals surface area (Å²) in [5.41, 5.74) is -2.00. The lowest BCUT2D eigenvalue weighted by atomic mass is 9.70. The monoisotopic (exact) mass is 594 g/mol. The van der Waals surface area contributed by atoms with Gasteiger partial charge in [0.1, 0.15) is 17.1 Å². The molecule has 11 heteroatoms. The zero-order valence-corrected chi connectivity index (χ0v) is 24.4. The molecule has 4 atom stereocenters. The van der Waals surface area contributed by atoms with E-state index >= 15 is 0 Å². The molecule has 5 rings (SSSR count). The van der Waals surface area contributed by atoms with Crippen molar-refractivity contribution < 1.29 is 42.1 Å². The Labute approximate surface area is 244 Å². The number of fused-ring (bicyclic) bond motifs is 2. The third-order valence-corrected chi connectivity index (χ3v) is 10.5. The van der Waals surface area contributed by atoms with Crippen molar-refractivity contribution in [2.24, 2.45) is 28.6 Å². The number of aliphatic carboxylic acids is 1. The van der Waals surface area contributed by atoms with E-state index in [-0.39, 0.29) is 60.2 Å². The number of hydrogen-bond donors (Lipinski definition) is 3. The van der Waals surface area contributed by atoms with Gasteiger partial charge in [-0.3, -0.25) is 14.4 Å². The highest BCUT2D eigenvalue weighted by Crippen LogP contribution is 2.49. The molecule has 1 aromatic rings. The van der Waals surface area contributed by atoms with E-state index in [2.05, 4.69) is 17.6 Å². The van der Waals surface area contributed by atoms with Gasteiger partial charge in [-0.2, -0.15) is 13.2 Å². The summed E-state index contributed by atoms with van der Waals surface area (Å²) in [6.07, 6.45) is 1.61. The Morgan fingerprint density at radius 2 is 1.67 bits per heavy atom. The normalized spacial score (nSPS) is 31.6. The Bertz CT molecular complexity index is 1220. The molecule has 0 heterocycles. The number of methoxy groups -OCH3 is 1. The van der Waals surface area contributed by atoms with Gasteiger partial charge in [0.15, 0.2) is 0 Å². The highest BCUT2D eigenvalue weighted by atomic mass is 19.4. The van der Waals surface area contributed by atoms with Gasteiger partial charge < -0.3 is 25.2 Å². The minimum atomic E-state index is -4.77. The predicted molar refractivity (Wildman–Crippen MR) is 147 cm³/mol. The number of alkyl halides is 3. The maximum atomic E-state index is 14.1. The van der Waals surface area contributed by atoms with Gasteiger partial charge in [-0.25, -0.2) is 0 Å². The molecule has 1 aromatic carbocycles. The largest absolute Gasteiger partial charge is 0.496 e. The van der Waals surface area contributed by atoms with E-state index in [0.717, 1.165) is 50.7 Å². The van der Waals surface area contributed by atoms with E-state index in [9.17, 15) is 32.7 Å². The lowest BCUT2D eigenvalue weighted by molar-refractivity contribution is -0.150. The number of ether oxygens (including phenoxy) is 2. The van der Waals surface area contributed by atoms with Crippen LogP contribution in [0.15, 0.2) is 12.1 Å². The highest BCUT2D eigenvalue weighted by Gasteiger charge is 2.52. The number of halogens is 3. The van der Waals surface area contributed by atoms with Crippen molar-refractivity contribution in [2.45, 2.75) is 96.4 Å². The number of carbonyl (C=O) groups is 3. The standard InChI is InChI=1S/C31H41F3N2O6/c1-29(9-4-10-29)16-35-27(38)24-17-5-6-18(13-17)25(24)36-26(37)20-14-23(21(31(32,33)34)15-22(20)41-3)42-19-7-11-30(2,12-8-19)28(39)40/h14-15,17-19,24-25H,4-13,16H2,1-3H3,(H,35,38)(H,36,37)(H,39,40)/t17-,18+,19-,24+,25-,30+/m1/s1. The zero-order valence-electron chi connectivity index (χ0n) is 24.4. The van der Waals surface area contributed by atoms with Crippen molar-refractivity contribution in [1.29, 1.82) is 0 Å². The number of carbonyl (C=O) groups excluding carboxylic acids is 2. The van der Waals surface area contributed by atoms with Gasteiger partial charge in [0.2, 0.25) is 5.91 Å². The fourth-order valence-electron chi connectivity index (χ4n) is 7.45. The first kappa shape index (κ1) is 30.5. The van der Waals surface area contributed by atoms with Crippen molar-refractivity contribution in [3.05, 3.63) is 23.3 Å². The SMILES string of the molecule is COc1cc(C(F)(F)F)c(O[C@H]2CC[C@@](C)(C(=O)O)CC2)cc1C(=O)N[C@@H]1[C@H]2CC[C@H](C2)[C@@H]1C(=O)NCC1(C)CCC1. The summed E-state index contributed by atoms with van der Waals surface area (Å²) < 4.78 is 53.3. The quantitative estimate of drug-likeness (QED) is 0.344. The molecule has 0 radical (unpaired) electrons. The summed E-state index contributed by atoms with van der Waals surface area (Å²) in [5.74, 6) is -2.47. The van der Waals surface area contributed by atoms with Crippen LogP contribution in [0.25, 0.3) is 0 Å². The van der Waals surface area contributed by atoms with E-state index in [0.29, 0.717) is 6.54 Å². The second-order valence-electron chi connectivity index (χ2n) is 13.5. The van der Waals surface area contributed by atoms with Crippen molar-refractivity contribution in [2.75, 3.05) is 13.7 Å². The number of amides is 2. The Morgan fingerprint density at radius 1 is 1.00 bits per heavy atom. The first-order valence-electron chi connectivity index (χ1n) is 15.0. The van der Waals surface area contributed by atoms with Crippen LogP contribution in [-0.2, 0) is 15.8 Å². The molecule has 0 spiro atoms. The van der Waals surface area contributed by atoms with Crippen LogP contribution in [0.4, 0.5) is 13.2 Å². The maximum absolute atomic E-state index is 14.1. The van der Waals surface area contributed by atoms with Crippen LogP contribution in [0.2, 0.25) is 0 Å². The summed E-state index contributed by atoms with van der Waals surface area (Å²) in [5, 5.41) is 15.6. The number of carboxylic acid groups (broad SMARTS) is 1. The number of carboxylic acids is 1. The first-order chi connectivity index (χ1) is 19.7. The van der Waals surface area contributed by atoms with Gasteiger partial charge >= 0.3 is 12.1 Å². The molecule has 2 bridgehead atoms. The first-order valence-corrected chi connectivity index (χ1v) is 15.0. The van der Waals surface area contributed by atoms with Crippen LogP contribution in [0.1, 0.15) is 94.0 Å². The van der Waals surface area contributed by atoms with E-state index in [4.69, 9.17) is 9.47 Å². The molecule has 8 nitrogen and oxygen atoms in total. The van der Waals surface area contributed by atoms with Gasteiger partial charge in [0.05, 0.1) is 30.1 Å². The molecule has 4 saturated carbocycles. The fourth-order valence-corrected chi connectivity index (χ4v) is 7.45. The molecule has 3 N–H and O–H groups in total. The highest BCUT2D eigenvalue weighted by molar-refractivity contribution is 5.98. The van der Waals surface area contributed by atoms with Crippen LogP contribution < -0.4 is 20.1 Å². The Morgan fingerprint density at radius 3 is 2.24 bits per heavy atom. The summed E-state index contributed by atoms with van der Waals surface area (Å²) in [6, 6.07) is 1.43. The second kappa shape index (κ2) is 11.3.